The largest absolute Gasteiger partial charge is 0.326 e. The van der Waals surface area contributed by atoms with Gasteiger partial charge in [0.15, 0.2) is 10.9 Å². The third-order valence-corrected chi connectivity index (χ3v) is 5.71. The number of hydrogen-bond donors (Lipinski definition) is 1. The van der Waals surface area contributed by atoms with Crippen molar-refractivity contribution in [3.05, 3.63) is 54.1 Å². The Hall–Kier alpha value is -2.71. The van der Waals surface area contributed by atoms with Crippen LogP contribution in [0.1, 0.15) is 17.3 Å². The van der Waals surface area contributed by atoms with E-state index >= 15 is 0 Å². The average Bonchev–Trinajstić information content (AvgIpc) is 3.19. The number of para-hydroxylation sites is 1. The van der Waals surface area contributed by atoms with Crippen molar-refractivity contribution in [2.24, 2.45) is 0 Å². The minimum absolute atomic E-state index is 0.000611. The second kappa shape index (κ2) is 6.89. The predicted octanol–water partition coefficient (Wildman–Crippen LogP) is 3.88. The maximum absolute atomic E-state index is 12.4. The molecule has 2 aromatic heterocycles. The molecule has 0 unspecified atom stereocenters. The fourth-order valence-corrected chi connectivity index (χ4v) is 4.47. The van der Waals surface area contributed by atoms with E-state index in [0.717, 1.165) is 15.2 Å². The van der Waals surface area contributed by atoms with Gasteiger partial charge in [0.05, 0.1) is 16.0 Å². The van der Waals surface area contributed by atoms with Crippen LogP contribution in [0.15, 0.2) is 53.7 Å². The molecule has 1 amide bonds. The zero-order valence-electron chi connectivity index (χ0n) is 13.8. The van der Waals surface area contributed by atoms with Gasteiger partial charge in [-0.05, 0) is 36.4 Å². The number of carbonyl (C=O) groups is 2. The Morgan fingerprint density at radius 1 is 1.12 bits per heavy atom. The number of fused-ring (bicyclic) bond motifs is 3. The molecule has 0 aliphatic rings. The van der Waals surface area contributed by atoms with Gasteiger partial charge in [-0.1, -0.05) is 35.2 Å². The number of nitrogens with zero attached hydrogens (tertiary/aromatic N) is 3. The highest BCUT2D eigenvalue weighted by Crippen LogP contribution is 2.29. The number of rotatable bonds is 5. The molecule has 0 radical (unpaired) electrons. The summed E-state index contributed by atoms with van der Waals surface area (Å²) in [5.74, 6) is 0.129. The minimum atomic E-state index is -0.140. The normalized spacial score (nSPS) is 11.1. The third-order valence-electron chi connectivity index (χ3n) is 3.77. The van der Waals surface area contributed by atoms with Crippen LogP contribution in [0.25, 0.3) is 15.2 Å². The lowest BCUT2D eigenvalue weighted by molar-refractivity contribution is -0.114. The number of carbonyl (C=O) groups excluding carboxylic acids is 2. The number of thiazole rings is 1. The first-order valence-corrected chi connectivity index (χ1v) is 9.68. The Kier molecular flexibility index (Phi) is 4.44. The van der Waals surface area contributed by atoms with Crippen molar-refractivity contribution in [2.75, 3.05) is 11.1 Å². The van der Waals surface area contributed by atoms with Crippen LogP contribution in [0, 0.1) is 0 Å². The molecule has 8 heteroatoms. The summed E-state index contributed by atoms with van der Waals surface area (Å²) in [5.41, 5.74) is 2.32. The van der Waals surface area contributed by atoms with Crippen LogP contribution in [0.5, 0.6) is 0 Å². The standard InChI is InChI=1S/C18H14N4O2S2/c1-11(23)19-13-8-6-12(7-9-13)15(24)10-25-17-20-21-18-22(17)14-4-2-3-5-16(14)26-18/h2-9H,10H2,1H3,(H,19,23). The Morgan fingerprint density at radius 3 is 2.65 bits per heavy atom. The van der Waals surface area contributed by atoms with Gasteiger partial charge in [-0.25, -0.2) is 0 Å². The van der Waals surface area contributed by atoms with E-state index in [4.69, 9.17) is 0 Å². The number of benzene rings is 2. The van der Waals surface area contributed by atoms with Gasteiger partial charge >= 0.3 is 0 Å². The smallest absolute Gasteiger partial charge is 0.221 e. The van der Waals surface area contributed by atoms with Crippen LogP contribution in [-0.4, -0.2) is 32.0 Å². The van der Waals surface area contributed by atoms with Gasteiger partial charge in [0.25, 0.3) is 0 Å². The van der Waals surface area contributed by atoms with Gasteiger partial charge in [-0.3, -0.25) is 14.0 Å². The van der Waals surface area contributed by atoms with Crippen molar-refractivity contribution < 1.29 is 9.59 Å². The lowest BCUT2D eigenvalue weighted by Gasteiger charge is -2.04. The molecule has 0 saturated carbocycles. The van der Waals surface area contributed by atoms with E-state index in [0.29, 0.717) is 16.4 Å². The fraction of sp³-hybridized carbons (Fsp3) is 0.111. The zero-order valence-corrected chi connectivity index (χ0v) is 15.4. The van der Waals surface area contributed by atoms with Crippen LogP contribution in [0.4, 0.5) is 5.69 Å². The summed E-state index contributed by atoms with van der Waals surface area (Å²) < 4.78 is 3.12. The van der Waals surface area contributed by atoms with E-state index in [1.165, 1.54) is 18.7 Å². The van der Waals surface area contributed by atoms with Crippen LogP contribution >= 0.6 is 23.1 Å². The molecule has 0 bridgehead atoms. The lowest BCUT2D eigenvalue weighted by atomic mass is 10.1. The molecule has 0 aliphatic heterocycles. The summed E-state index contributed by atoms with van der Waals surface area (Å²) in [6.45, 7) is 1.45. The lowest BCUT2D eigenvalue weighted by Crippen LogP contribution is -2.07. The predicted molar refractivity (Wildman–Crippen MR) is 104 cm³/mol. The molecular weight excluding hydrogens is 368 g/mol. The van der Waals surface area contributed by atoms with Crippen LogP contribution in [-0.2, 0) is 4.79 Å². The maximum Gasteiger partial charge on any atom is 0.221 e. The summed E-state index contributed by atoms with van der Waals surface area (Å²) >= 11 is 2.95. The number of anilines is 1. The molecule has 0 atom stereocenters. The van der Waals surface area contributed by atoms with Gasteiger partial charge in [-0.2, -0.15) is 0 Å². The molecule has 4 aromatic rings. The number of aromatic nitrogens is 3. The molecule has 130 valence electrons. The summed E-state index contributed by atoms with van der Waals surface area (Å²) in [6.07, 6.45) is 0. The molecule has 0 saturated heterocycles. The van der Waals surface area contributed by atoms with E-state index in [1.807, 2.05) is 28.7 Å². The monoisotopic (exact) mass is 382 g/mol. The number of Topliss-reactive ketones (excluding diaryl/α,β-unsaturated/α-hetero) is 1. The summed E-state index contributed by atoms with van der Waals surface area (Å²) in [6, 6.07) is 14.9. The topological polar surface area (TPSA) is 76.4 Å². The number of ketones is 1. The Morgan fingerprint density at radius 2 is 1.88 bits per heavy atom. The highest BCUT2D eigenvalue weighted by atomic mass is 32.2. The quantitative estimate of drug-likeness (QED) is 0.419. The molecular formula is C18H14N4O2S2. The molecule has 6 nitrogen and oxygen atoms in total. The van der Waals surface area contributed by atoms with Crippen molar-refractivity contribution >= 4 is 55.7 Å². The SMILES string of the molecule is CC(=O)Nc1ccc(C(=O)CSc2nnc3sc4ccccc4n23)cc1. The van der Waals surface area contributed by atoms with E-state index in [-0.39, 0.29) is 17.4 Å². The summed E-state index contributed by atoms with van der Waals surface area (Å²) in [7, 11) is 0. The molecule has 0 aliphatic carbocycles. The average molecular weight is 382 g/mol. The molecule has 2 heterocycles. The van der Waals surface area contributed by atoms with E-state index in [1.54, 1.807) is 35.6 Å². The maximum atomic E-state index is 12.4. The van der Waals surface area contributed by atoms with Crippen LogP contribution in [0.3, 0.4) is 0 Å². The van der Waals surface area contributed by atoms with Gasteiger partial charge in [0.2, 0.25) is 10.9 Å². The van der Waals surface area contributed by atoms with Gasteiger partial charge in [0, 0.05) is 18.2 Å². The second-order valence-electron chi connectivity index (χ2n) is 5.64. The Bertz CT molecular complexity index is 1120. The Labute approximate surface area is 157 Å². The molecule has 2 aromatic carbocycles. The van der Waals surface area contributed by atoms with E-state index in [9.17, 15) is 9.59 Å². The van der Waals surface area contributed by atoms with Crippen LogP contribution in [0.2, 0.25) is 0 Å². The summed E-state index contributed by atoms with van der Waals surface area (Å²) in [4.78, 5) is 24.3. The number of hydrogen-bond acceptors (Lipinski definition) is 6. The number of nitrogens with one attached hydrogen (secondary N) is 1. The molecule has 4 rings (SSSR count). The van der Waals surface area contributed by atoms with E-state index < -0.39 is 0 Å². The first kappa shape index (κ1) is 16.7. The highest BCUT2D eigenvalue weighted by Gasteiger charge is 2.14. The third kappa shape index (κ3) is 3.21. The van der Waals surface area contributed by atoms with Crippen molar-refractivity contribution in [1.29, 1.82) is 0 Å². The Balaban J connectivity index is 1.51. The van der Waals surface area contributed by atoms with Gasteiger partial charge < -0.3 is 5.32 Å². The van der Waals surface area contributed by atoms with Crippen LogP contribution < -0.4 is 5.32 Å². The van der Waals surface area contributed by atoms with Gasteiger partial charge in [-0.15, -0.1) is 10.2 Å². The fourth-order valence-electron chi connectivity index (χ4n) is 2.61. The number of thioether (sulfide) groups is 1. The van der Waals surface area contributed by atoms with Crippen molar-refractivity contribution in [1.82, 2.24) is 14.6 Å². The second-order valence-corrected chi connectivity index (χ2v) is 7.59. The van der Waals surface area contributed by atoms with Gasteiger partial charge in [0.1, 0.15) is 0 Å². The van der Waals surface area contributed by atoms with Crippen molar-refractivity contribution in [2.45, 2.75) is 12.1 Å². The zero-order chi connectivity index (χ0) is 18.1. The molecule has 26 heavy (non-hydrogen) atoms. The van der Waals surface area contributed by atoms with Crippen molar-refractivity contribution in [3.8, 4) is 0 Å². The summed E-state index contributed by atoms with van der Waals surface area (Å²) in [5, 5.41) is 11.8. The molecule has 1 N–H and O–H groups in total. The molecule has 0 fully saturated rings. The molecule has 0 spiro atoms. The highest BCUT2D eigenvalue weighted by molar-refractivity contribution is 7.99. The first-order chi connectivity index (χ1) is 12.6. The number of amides is 1. The van der Waals surface area contributed by atoms with E-state index in [2.05, 4.69) is 15.5 Å². The first-order valence-electron chi connectivity index (χ1n) is 7.88. The van der Waals surface area contributed by atoms with Crippen molar-refractivity contribution in [3.63, 3.8) is 0 Å². The minimum Gasteiger partial charge on any atom is -0.326 e.